The van der Waals surface area contributed by atoms with E-state index < -0.39 is 29.5 Å². The van der Waals surface area contributed by atoms with Gasteiger partial charge in [0.25, 0.3) is 0 Å². The van der Waals surface area contributed by atoms with Crippen LogP contribution < -0.4 is 5.73 Å². The molecule has 5 rings (SSSR count). The number of ketones is 1. The van der Waals surface area contributed by atoms with Crippen molar-refractivity contribution in [1.29, 1.82) is 0 Å². The number of carboxylic acids is 2. The van der Waals surface area contributed by atoms with Gasteiger partial charge in [0, 0.05) is 11.0 Å². The lowest BCUT2D eigenvalue weighted by Gasteiger charge is -2.70. The minimum atomic E-state index is -1.18. The molecular weight excluding hydrogens is 522 g/mol. The first-order chi connectivity index (χ1) is 18.8. The maximum atomic E-state index is 12.6. The molecule has 3 fully saturated rings. The van der Waals surface area contributed by atoms with Crippen molar-refractivity contribution in [3.05, 3.63) is 46.3 Å². The monoisotopic (exact) mass is 569 g/mol. The number of carboxylic acid groups (broad SMARTS) is 2. The zero-order valence-corrected chi connectivity index (χ0v) is 25.5. The second-order valence-electron chi connectivity index (χ2n) is 14.5. The van der Waals surface area contributed by atoms with Gasteiger partial charge in [0.05, 0.1) is 11.5 Å². The molecular formula is C33H47NO7. The van der Waals surface area contributed by atoms with Gasteiger partial charge < -0.3 is 26.2 Å². The Balaban J connectivity index is 0.000000426. The van der Waals surface area contributed by atoms with Crippen LogP contribution in [0.4, 0.5) is 0 Å². The summed E-state index contributed by atoms with van der Waals surface area (Å²) >= 11 is 0. The van der Waals surface area contributed by atoms with Crippen LogP contribution in [0.1, 0.15) is 93.4 Å². The molecule has 6 N–H and O–H groups in total. The zero-order chi connectivity index (χ0) is 30.9. The molecule has 8 nitrogen and oxygen atoms in total. The Labute approximate surface area is 243 Å². The first-order valence-electron chi connectivity index (χ1n) is 14.8. The lowest BCUT2D eigenvalue weighted by Crippen LogP contribution is -2.62. The summed E-state index contributed by atoms with van der Waals surface area (Å²) in [6, 6.07) is -1.16. The predicted molar refractivity (Wildman–Crippen MR) is 156 cm³/mol. The molecule has 8 heteroatoms. The molecule has 0 heterocycles. The molecule has 0 aliphatic heterocycles. The number of aliphatic carboxylic acids is 2. The molecule has 3 saturated carbocycles. The molecule has 0 bridgehead atoms. The molecule has 0 spiro atoms. The second-order valence-corrected chi connectivity index (χ2v) is 14.5. The number of allylic oxidation sites excluding steroid dienone is 7. The van der Waals surface area contributed by atoms with Gasteiger partial charge >= 0.3 is 11.9 Å². The number of hydrogen-bond acceptors (Lipinski definition) is 6. The molecule has 8 atom stereocenters. The molecule has 0 radical (unpaired) electrons. The van der Waals surface area contributed by atoms with Crippen LogP contribution in [0.2, 0.25) is 0 Å². The Bertz CT molecular complexity index is 1310. The van der Waals surface area contributed by atoms with Crippen molar-refractivity contribution in [2.75, 3.05) is 0 Å². The standard InChI is InChI=1S/C29H38O4.C4H9NO3/c1-17-18-7-8-21-27(4,19(18)15-20(30)23(17)31)12-14-29(6)22-16-26(3,24(32)33)10-9-25(22,2)11-13-28(21,29)5;1-2(6)3(5)4(7)8/h7-8,15,22,31H,9-14,16H2,1-6H3,(H,32,33);2-3,6H,5H2,1H3,(H,7,8)/t22-,25-,26-,27+,28-,29+;2?,3-/m10/s1. The first-order valence-corrected chi connectivity index (χ1v) is 14.8. The van der Waals surface area contributed by atoms with Crippen molar-refractivity contribution in [3.63, 3.8) is 0 Å². The highest BCUT2D eigenvalue weighted by atomic mass is 16.4. The van der Waals surface area contributed by atoms with Gasteiger partial charge in [-0.3, -0.25) is 14.4 Å². The lowest BCUT2D eigenvalue weighted by molar-refractivity contribution is -0.178. The van der Waals surface area contributed by atoms with Crippen LogP contribution in [0.15, 0.2) is 46.3 Å². The average molecular weight is 570 g/mol. The zero-order valence-electron chi connectivity index (χ0n) is 25.5. The molecule has 0 aromatic carbocycles. The van der Waals surface area contributed by atoms with E-state index in [4.69, 9.17) is 15.9 Å². The molecule has 226 valence electrons. The van der Waals surface area contributed by atoms with E-state index in [-0.39, 0.29) is 33.2 Å². The summed E-state index contributed by atoms with van der Waals surface area (Å²) < 4.78 is 0. The van der Waals surface area contributed by atoms with Crippen molar-refractivity contribution in [2.24, 2.45) is 38.7 Å². The van der Waals surface area contributed by atoms with Crippen LogP contribution in [0.5, 0.6) is 0 Å². The second kappa shape index (κ2) is 9.94. The van der Waals surface area contributed by atoms with E-state index in [1.807, 2.05) is 13.8 Å². The fraction of sp³-hybridized carbons (Fsp3) is 0.667. The molecule has 0 aromatic rings. The topological polar surface area (TPSA) is 158 Å². The van der Waals surface area contributed by atoms with Gasteiger partial charge in [-0.1, -0.05) is 45.4 Å². The van der Waals surface area contributed by atoms with E-state index in [9.17, 15) is 24.6 Å². The van der Waals surface area contributed by atoms with Crippen molar-refractivity contribution < 1.29 is 34.8 Å². The number of rotatable bonds is 3. The fourth-order valence-corrected chi connectivity index (χ4v) is 8.86. The van der Waals surface area contributed by atoms with E-state index in [0.717, 1.165) is 56.1 Å². The maximum Gasteiger partial charge on any atom is 0.323 e. The van der Waals surface area contributed by atoms with Crippen LogP contribution in [0.25, 0.3) is 0 Å². The third-order valence-corrected chi connectivity index (χ3v) is 12.2. The van der Waals surface area contributed by atoms with Gasteiger partial charge in [0.2, 0.25) is 5.78 Å². The van der Waals surface area contributed by atoms with E-state index in [2.05, 4.69) is 39.8 Å². The van der Waals surface area contributed by atoms with Gasteiger partial charge in [-0.05, 0) is 105 Å². The summed E-state index contributed by atoms with van der Waals surface area (Å²) in [7, 11) is 0. The largest absolute Gasteiger partial charge is 0.504 e. The third kappa shape index (κ3) is 4.53. The summed E-state index contributed by atoms with van der Waals surface area (Å²) in [4.78, 5) is 34.7. The quantitative estimate of drug-likeness (QED) is 0.299. The molecule has 1 unspecified atom stereocenters. The van der Waals surface area contributed by atoms with Gasteiger partial charge in [0.15, 0.2) is 5.76 Å². The lowest BCUT2D eigenvalue weighted by atomic mass is 9.34. The van der Waals surface area contributed by atoms with Crippen molar-refractivity contribution in [1.82, 2.24) is 0 Å². The summed E-state index contributed by atoms with van der Waals surface area (Å²) in [5.74, 6) is -1.91. The van der Waals surface area contributed by atoms with Crippen LogP contribution in [-0.2, 0) is 14.4 Å². The number of fused-ring (bicyclic) bond motifs is 7. The van der Waals surface area contributed by atoms with E-state index >= 15 is 0 Å². The Morgan fingerprint density at radius 3 is 2.12 bits per heavy atom. The number of hydrogen-bond donors (Lipinski definition) is 5. The van der Waals surface area contributed by atoms with Crippen molar-refractivity contribution in [2.45, 2.75) is 106 Å². The molecule has 0 aromatic heterocycles. The van der Waals surface area contributed by atoms with E-state index in [0.29, 0.717) is 11.5 Å². The van der Waals surface area contributed by atoms with Gasteiger partial charge in [-0.15, -0.1) is 0 Å². The third-order valence-electron chi connectivity index (χ3n) is 12.2. The summed E-state index contributed by atoms with van der Waals surface area (Å²) in [6.45, 7) is 14.6. The van der Waals surface area contributed by atoms with Crippen LogP contribution in [0.3, 0.4) is 0 Å². The van der Waals surface area contributed by atoms with Crippen LogP contribution in [-0.4, -0.2) is 50.3 Å². The SMILES string of the molecule is CC(O)[C@H](N)C(=O)O.CC1=C(O)C(=O)C=C2C1=CC=C1[C@@]2(C)CC[C@@]2(C)[C@@H]3C[C@](C)(C(=O)O)CC[C@]3(C)CC[C@]12C. The highest BCUT2D eigenvalue weighted by molar-refractivity contribution is 6.06. The summed E-state index contributed by atoms with van der Waals surface area (Å²) in [6.07, 6.45) is 11.7. The number of carbonyl (C=O) groups excluding carboxylic acids is 1. The van der Waals surface area contributed by atoms with Gasteiger partial charge in [0.1, 0.15) is 6.04 Å². The summed E-state index contributed by atoms with van der Waals surface area (Å²) in [5, 5.41) is 36.9. The minimum absolute atomic E-state index is 0.0000746. The molecule has 41 heavy (non-hydrogen) atoms. The van der Waals surface area contributed by atoms with Gasteiger partial charge in [-0.25, -0.2) is 0 Å². The Morgan fingerprint density at radius 1 is 0.976 bits per heavy atom. The predicted octanol–water partition coefficient (Wildman–Crippen LogP) is 5.48. The average Bonchev–Trinajstić information content (AvgIpc) is 2.90. The minimum Gasteiger partial charge on any atom is -0.504 e. The Kier molecular flexibility index (Phi) is 7.57. The fourth-order valence-electron chi connectivity index (χ4n) is 8.86. The van der Waals surface area contributed by atoms with E-state index in [1.165, 1.54) is 12.5 Å². The molecule has 5 aliphatic rings. The Hall–Kier alpha value is -2.71. The normalized spacial score (nSPS) is 41.0. The number of aliphatic hydroxyl groups excluding tert-OH is 2. The van der Waals surface area contributed by atoms with Crippen LogP contribution in [0, 0.1) is 33.0 Å². The van der Waals surface area contributed by atoms with Crippen LogP contribution >= 0.6 is 0 Å². The highest BCUT2D eigenvalue weighted by Crippen LogP contribution is 2.75. The van der Waals surface area contributed by atoms with E-state index in [1.54, 1.807) is 6.08 Å². The van der Waals surface area contributed by atoms with Crippen molar-refractivity contribution >= 4 is 17.7 Å². The summed E-state index contributed by atoms with van der Waals surface area (Å²) in [5.41, 5.74) is 8.24. The van der Waals surface area contributed by atoms with Crippen molar-refractivity contribution in [3.8, 4) is 0 Å². The molecule has 0 amide bonds. The first kappa shape index (κ1) is 31.2. The smallest absolute Gasteiger partial charge is 0.323 e. The Morgan fingerprint density at radius 2 is 1.59 bits per heavy atom. The highest BCUT2D eigenvalue weighted by Gasteiger charge is 2.67. The van der Waals surface area contributed by atoms with Gasteiger partial charge in [-0.2, -0.15) is 0 Å². The maximum absolute atomic E-state index is 12.6. The number of nitrogens with two attached hydrogens (primary N) is 1. The molecule has 0 saturated heterocycles. The number of aliphatic hydroxyl groups is 2. The molecule has 5 aliphatic carbocycles. The number of carbonyl (C=O) groups is 3.